The summed E-state index contributed by atoms with van der Waals surface area (Å²) in [4.78, 5) is 24.5. The van der Waals surface area contributed by atoms with Crippen LogP contribution in [0.1, 0.15) is 46.5 Å². The second-order valence-corrected chi connectivity index (χ2v) is 10.7. The number of rotatable bonds is 5. The summed E-state index contributed by atoms with van der Waals surface area (Å²) < 4.78 is 0.288. The van der Waals surface area contributed by atoms with Gasteiger partial charge in [-0.2, -0.15) is 11.8 Å². The molecule has 0 spiro atoms. The van der Waals surface area contributed by atoms with Crippen LogP contribution in [-0.4, -0.2) is 96.0 Å². The van der Waals surface area contributed by atoms with E-state index in [-0.39, 0.29) is 28.7 Å². The van der Waals surface area contributed by atoms with Crippen molar-refractivity contribution < 1.29 is 4.79 Å². The van der Waals surface area contributed by atoms with Gasteiger partial charge in [0.25, 0.3) is 0 Å². The monoisotopic (exact) mass is 537 g/mol. The number of thioether (sulfide) groups is 1. The highest BCUT2D eigenvalue weighted by molar-refractivity contribution is 14.0. The number of aliphatic imine (C=N–C) groups is 1. The van der Waals surface area contributed by atoms with Gasteiger partial charge in [-0.3, -0.25) is 14.7 Å². The lowest BCUT2D eigenvalue weighted by Crippen LogP contribution is -2.52. The third-order valence-corrected chi connectivity index (χ3v) is 7.42. The fourth-order valence-electron chi connectivity index (χ4n) is 4.54. The van der Waals surface area contributed by atoms with Crippen LogP contribution in [0, 0.1) is 5.92 Å². The van der Waals surface area contributed by atoms with Gasteiger partial charge >= 0.3 is 0 Å². The Morgan fingerprint density at radius 2 is 1.79 bits per heavy atom. The number of nitrogens with one attached hydrogen (secondary N) is 1. The van der Waals surface area contributed by atoms with Crippen molar-refractivity contribution in [3.63, 3.8) is 0 Å². The minimum absolute atomic E-state index is 0. The minimum atomic E-state index is 0. The Morgan fingerprint density at radius 1 is 1.10 bits per heavy atom. The number of halogens is 1. The van der Waals surface area contributed by atoms with Gasteiger partial charge in [0.05, 0.1) is 6.54 Å². The molecule has 0 aromatic rings. The van der Waals surface area contributed by atoms with Gasteiger partial charge in [0.15, 0.2) is 5.96 Å². The Bertz CT molecular complexity index is 545. The Morgan fingerprint density at radius 3 is 2.41 bits per heavy atom. The summed E-state index contributed by atoms with van der Waals surface area (Å²) in [7, 11) is 0. The fourth-order valence-corrected chi connectivity index (χ4v) is 5.65. The zero-order chi connectivity index (χ0) is 20.0. The highest BCUT2D eigenvalue weighted by Crippen LogP contribution is 2.29. The van der Waals surface area contributed by atoms with Crippen molar-refractivity contribution in [2.45, 2.75) is 51.2 Å². The number of carbonyl (C=O) groups excluding carboxylic acids is 1. The first-order valence-corrected chi connectivity index (χ1v) is 12.2. The van der Waals surface area contributed by atoms with E-state index in [1.165, 1.54) is 12.8 Å². The van der Waals surface area contributed by atoms with Crippen LogP contribution in [0.25, 0.3) is 0 Å². The Labute approximate surface area is 198 Å². The maximum Gasteiger partial charge on any atom is 0.225 e. The summed E-state index contributed by atoms with van der Waals surface area (Å²) in [5.74, 6) is 2.95. The van der Waals surface area contributed by atoms with E-state index in [1.54, 1.807) is 0 Å². The average Bonchev–Trinajstić information content (AvgIpc) is 3.21. The molecule has 0 aromatic carbocycles. The highest BCUT2D eigenvalue weighted by atomic mass is 127. The first kappa shape index (κ1) is 25.0. The molecule has 8 heteroatoms. The summed E-state index contributed by atoms with van der Waals surface area (Å²) in [5.41, 5.74) is 0. The number of carbonyl (C=O) groups is 1. The van der Waals surface area contributed by atoms with Crippen molar-refractivity contribution in [3.05, 3.63) is 0 Å². The lowest BCUT2D eigenvalue weighted by Gasteiger charge is -2.39. The van der Waals surface area contributed by atoms with E-state index < -0.39 is 0 Å². The van der Waals surface area contributed by atoms with Crippen molar-refractivity contribution in [1.82, 2.24) is 20.0 Å². The standard InChI is InChI=1S/C21H39N5OS.HI/c1-4-22-20(26-15-16-28-21(2,3)17-26)23-9-10-24-11-13-25(14-12-24)19(27)18-7-5-6-8-18;/h18H,4-17H2,1-3H3,(H,22,23);1H. The molecule has 2 aliphatic heterocycles. The van der Waals surface area contributed by atoms with Crippen LogP contribution < -0.4 is 5.32 Å². The van der Waals surface area contributed by atoms with Crippen LogP contribution in [0.5, 0.6) is 0 Å². The molecule has 29 heavy (non-hydrogen) atoms. The molecule has 0 aromatic heterocycles. The van der Waals surface area contributed by atoms with Crippen molar-refractivity contribution >= 4 is 47.6 Å². The van der Waals surface area contributed by atoms with Gasteiger partial charge in [-0.25, -0.2) is 0 Å². The van der Waals surface area contributed by atoms with Gasteiger partial charge in [0, 0.05) is 68.8 Å². The molecular formula is C21H40IN5OS. The number of hydrogen-bond donors (Lipinski definition) is 1. The summed E-state index contributed by atoms with van der Waals surface area (Å²) >= 11 is 2.05. The zero-order valence-electron chi connectivity index (χ0n) is 18.5. The molecule has 6 nitrogen and oxygen atoms in total. The normalized spacial score (nSPS) is 23.8. The van der Waals surface area contributed by atoms with Gasteiger partial charge in [-0.05, 0) is 33.6 Å². The molecule has 1 aliphatic carbocycles. The first-order valence-electron chi connectivity index (χ1n) is 11.2. The van der Waals surface area contributed by atoms with Crippen molar-refractivity contribution in [2.75, 3.05) is 64.7 Å². The Kier molecular flexibility index (Phi) is 10.3. The average molecular weight is 538 g/mol. The fraction of sp³-hybridized carbons (Fsp3) is 0.905. The molecule has 2 heterocycles. The predicted octanol–water partition coefficient (Wildman–Crippen LogP) is 2.73. The lowest BCUT2D eigenvalue weighted by atomic mass is 10.1. The molecule has 1 saturated carbocycles. The molecule has 3 fully saturated rings. The third kappa shape index (κ3) is 7.45. The molecular weight excluding hydrogens is 497 g/mol. The number of hydrogen-bond acceptors (Lipinski definition) is 4. The molecule has 0 atom stereocenters. The second kappa shape index (κ2) is 12.0. The smallest absolute Gasteiger partial charge is 0.225 e. The van der Waals surface area contributed by atoms with Gasteiger partial charge in [-0.15, -0.1) is 24.0 Å². The molecule has 3 aliphatic rings. The molecule has 0 bridgehead atoms. The first-order chi connectivity index (χ1) is 13.5. The van der Waals surface area contributed by atoms with E-state index in [4.69, 9.17) is 4.99 Å². The third-order valence-electron chi connectivity index (χ3n) is 6.13. The van der Waals surface area contributed by atoms with Crippen LogP contribution in [-0.2, 0) is 4.79 Å². The number of piperazine rings is 1. The van der Waals surface area contributed by atoms with Crippen molar-refractivity contribution in [2.24, 2.45) is 10.9 Å². The zero-order valence-corrected chi connectivity index (χ0v) is 21.6. The predicted molar refractivity (Wildman–Crippen MR) is 134 cm³/mol. The van der Waals surface area contributed by atoms with Crippen molar-refractivity contribution in [3.8, 4) is 0 Å². The molecule has 3 rings (SSSR count). The second-order valence-electron chi connectivity index (χ2n) is 8.91. The maximum atomic E-state index is 12.6. The van der Waals surface area contributed by atoms with E-state index in [0.29, 0.717) is 11.8 Å². The van der Waals surface area contributed by atoms with Gasteiger partial charge in [0.2, 0.25) is 5.91 Å². The van der Waals surface area contributed by atoms with Crippen LogP contribution in [0.2, 0.25) is 0 Å². The van der Waals surface area contributed by atoms with Crippen LogP contribution in [0.3, 0.4) is 0 Å². The van der Waals surface area contributed by atoms with E-state index in [9.17, 15) is 4.79 Å². The van der Waals surface area contributed by atoms with Crippen LogP contribution in [0.15, 0.2) is 4.99 Å². The minimum Gasteiger partial charge on any atom is -0.357 e. The summed E-state index contributed by atoms with van der Waals surface area (Å²) in [5, 5.41) is 3.48. The largest absolute Gasteiger partial charge is 0.357 e. The Balaban J connectivity index is 0.00000300. The van der Waals surface area contributed by atoms with Crippen molar-refractivity contribution in [1.29, 1.82) is 0 Å². The Hall–Kier alpha value is -0.220. The molecule has 0 unspecified atom stereocenters. The van der Waals surface area contributed by atoms with E-state index >= 15 is 0 Å². The summed E-state index contributed by atoms with van der Waals surface area (Å²) in [6, 6.07) is 0. The van der Waals surface area contributed by atoms with Gasteiger partial charge in [0.1, 0.15) is 0 Å². The summed E-state index contributed by atoms with van der Waals surface area (Å²) in [6.45, 7) is 15.3. The molecule has 1 N–H and O–H groups in total. The quantitative estimate of drug-likeness (QED) is 0.332. The summed E-state index contributed by atoms with van der Waals surface area (Å²) in [6.07, 6.45) is 4.67. The SMILES string of the molecule is CCNC(=NCCN1CCN(C(=O)C2CCCC2)CC1)N1CCSC(C)(C)C1.I. The van der Waals surface area contributed by atoms with Crippen LogP contribution >= 0.6 is 35.7 Å². The van der Waals surface area contributed by atoms with E-state index in [1.807, 2.05) is 0 Å². The number of amides is 1. The topological polar surface area (TPSA) is 51.2 Å². The molecule has 168 valence electrons. The number of guanidine groups is 1. The lowest BCUT2D eigenvalue weighted by molar-refractivity contribution is -0.137. The van der Waals surface area contributed by atoms with E-state index in [0.717, 1.165) is 83.5 Å². The van der Waals surface area contributed by atoms with Gasteiger partial charge in [-0.1, -0.05) is 12.8 Å². The molecule has 1 amide bonds. The maximum absolute atomic E-state index is 12.6. The molecule has 0 radical (unpaired) electrons. The highest BCUT2D eigenvalue weighted by Gasteiger charge is 2.30. The van der Waals surface area contributed by atoms with Crippen LogP contribution in [0.4, 0.5) is 0 Å². The molecule has 2 saturated heterocycles. The van der Waals surface area contributed by atoms with E-state index in [2.05, 4.69) is 52.5 Å². The number of nitrogens with zero attached hydrogens (tertiary/aromatic N) is 4. The van der Waals surface area contributed by atoms with Gasteiger partial charge < -0.3 is 15.1 Å².